The summed E-state index contributed by atoms with van der Waals surface area (Å²) < 4.78 is 0. The van der Waals surface area contributed by atoms with Gasteiger partial charge in [0.2, 0.25) is 11.9 Å². The minimum absolute atomic E-state index is 0.299. The van der Waals surface area contributed by atoms with Crippen molar-refractivity contribution in [2.45, 2.75) is 26.7 Å². The molecule has 0 aliphatic carbocycles. The molecule has 0 bridgehead atoms. The number of fused-ring (bicyclic) bond motifs is 1. The van der Waals surface area contributed by atoms with Crippen molar-refractivity contribution in [1.29, 1.82) is 0 Å². The third-order valence-electron chi connectivity index (χ3n) is 3.08. The standard InChI is InChI=1S/C13H22N8/c1-4-6-21(7-5-2)13-18-9-8(11(15)20-13)17-12(16-3)19-10(9)14/h4-7H2,1-3H3,(H2,15,18,20)(H3,14,16,17,19). The van der Waals surface area contributed by atoms with E-state index in [2.05, 4.69) is 44.0 Å². The van der Waals surface area contributed by atoms with E-state index in [1.54, 1.807) is 7.05 Å². The number of aromatic nitrogens is 4. The molecule has 0 radical (unpaired) electrons. The second-order valence-electron chi connectivity index (χ2n) is 4.78. The molecule has 2 aromatic heterocycles. The highest BCUT2D eigenvalue weighted by Gasteiger charge is 2.15. The van der Waals surface area contributed by atoms with E-state index in [1.807, 2.05) is 0 Å². The summed E-state index contributed by atoms with van der Waals surface area (Å²) in [7, 11) is 1.72. The van der Waals surface area contributed by atoms with E-state index in [9.17, 15) is 0 Å². The van der Waals surface area contributed by atoms with Crippen LogP contribution in [0.3, 0.4) is 0 Å². The molecule has 8 heteroatoms. The quantitative estimate of drug-likeness (QED) is 0.727. The van der Waals surface area contributed by atoms with Crippen molar-refractivity contribution in [2.75, 3.05) is 41.8 Å². The molecule has 8 nitrogen and oxygen atoms in total. The van der Waals surface area contributed by atoms with Gasteiger partial charge < -0.3 is 21.7 Å². The molecule has 21 heavy (non-hydrogen) atoms. The largest absolute Gasteiger partial charge is 0.382 e. The first kappa shape index (κ1) is 15.0. The van der Waals surface area contributed by atoms with Crippen molar-refractivity contribution in [3.8, 4) is 0 Å². The first-order valence-electron chi connectivity index (χ1n) is 7.14. The molecular formula is C13H22N8. The Morgan fingerprint density at radius 3 is 2.05 bits per heavy atom. The molecule has 0 saturated carbocycles. The Labute approximate surface area is 124 Å². The van der Waals surface area contributed by atoms with Gasteiger partial charge in [0.15, 0.2) is 11.6 Å². The third-order valence-corrected chi connectivity index (χ3v) is 3.08. The number of nitrogens with zero attached hydrogens (tertiary/aromatic N) is 5. The van der Waals surface area contributed by atoms with Crippen molar-refractivity contribution in [3.63, 3.8) is 0 Å². The molecule has 0 saturated heterocycles. The zero-order valence-corrected chi connectivity index (χ0v) is 12.7. The summed E-state index contributed by atoms with van der Waals surface area (Å²) in [6.07, 6.45) is 2.01. The molecular weight excluding hydrogens is 268 g/mol. The van der Waals surface area contributed by atoms with E-state index >= 15 is 0 Å². The summed E-state index contributed by atoms with van der Waals surface area (Å²) in [6.45, 7) is 5.97. The fourth-order valence-corrected chi connectivity index (χ4v) is 2.15. The van der Waals surface area contributed by atoms with Gasteiger partial charge in [0.1, 0.15) is 11.0 Å². The van der Waals surface area contributed by atoms with Crippen LogP contribution in [0, 0.1) is 0 Å². The summed E-state index contributed by atoms with van der Waals surface area (Å²) in [5.41, 5.74) is 13.0. The second-order valence-corrected chi connectivity index (χ2v) is 4.78. The SMILES string of the molecule is CCCN(CCC)c1nc(N)c2nc(NC)nc(N)c2n1. The molecule has 2 aromatic rings. The molecule has 0 aliphatic rings. The van der Waals surface area contributed by atoms with Crippen molar-refractivity contribution in [2.24, 2.45) is 0 Å². The van der Waals surface area contributed by atoms with Crippen LogP contribution >= 0.6 is 0 Å². The molecule has 0 amide bonds. The van der Waals surface area contributed by atoms with Crippen LogP contribution in [0.25, 0.3) is 11.0 Å². The van der Waals surface area contributed by atoms with Gasteiger partial charge in [0, 0.05) is 20.1 Å². The maximum Gasteiger partial charge on any atom is 0.228 e. The minimum atomic E-state index is 0.299. The van der Waals surface area contributed by atoms with Crippen LogP contribution in [-0.4, -0.2) is 40.1 Å². The highest BCUT2D eigenvalue weighted by atomic mass is 15.3. The van der Waals surface area contributed by atoms with Gasteiger partial charge in [-0.3, -0.25) is 0 Å². The van der Waals surface area contributed by atoms with Crippen molar-refractivity contribution >= 4 is 34.6 Å². The summed E-state index contributed by atoms with van der Waals surface area (Å²) in [6, 6.07) is 0. The fraction of sp³-hybridized carbons (Fsp3) is 0.538. The molecule has 0 aliphatic heterocycles. The van der Waals surface area contributed by atoms with Crippen LogP contribution in [0.15, 0.2) is 0 Å². The number of hydrogen-bond acceptors (Lipinski definition) is 8. The molecule has 0 fully saturated rings. The topological polar surface area (TPSA) is 119 Å². The van der Waals surface area contributed by atoms with Gasteiger partial charge in [-0.2, -0.15) is 9.97 Å². The van der Waals surface area contributed by atoms with Crippen molar-refractivity contribution < 1.29 is 0 Å². The molecule has 0 unspecified atom stereocenters. The zero-order chi connectivity index (χ0) is 15.4. The Morgan fingerprint density at radius 2 is 1.48 bits per heavy atom. The molecule has 0 spiro atoms. The normalized spacial score (nSPS) is 10.8. The van der Waals surface area contributed by atoms with Gasteiger partial charge in [-0.05, 0) is 12.8 Å². The molecule has 5 N–H and O–H groups in total. The lowest BCUT2D eigenvalue weighted by atomic mass is 10.3. The number of rotatable bonds is 6. The van der Waals surface area contributed by atoms with Crippen LogP contribution < -0.4 is 21.7 Å². The van der Waals surface area contributed by atoms with Crippen LogP contribution in [0.5, 0.6) is 0 Å². The van der Waals surface area contributed by atoms with E-state index < -0.39 is 0 Å². The highest BCUT2D eigenvalue weighted by molar-refractivity contribution is 5.92. The number of hydrogen-bond donors (Lipinski definition) is 3. The Bertz CT molecular complexity index is 621. The minimum Gasteiger partial charge on any atom is -0.382 e. The molecule has 114 valence electrons. The molecule has 2 heterocycles. The lowest BCUT2D eigenvalue weighted by molar-refractivity contribution is 0.724. The van der Waals surface area contributed by atoms with Crippen LogP contribution in [-0.2, 0) is 0 Å². The van der Waals surface area contributed by atoms with Gasteiger partial charge in [0.05, 0.1) is 0 Å². The Hall–Kier alpha value is -2.38. The Balaban J connectivity index is 2.55. The van der Waals surface area contributed by atoms with Crippen LogP contribution in [0.2, 0.25) is 0 Å². The third kappa shape index (κ3) is 3.04. The Morgan fingerprint density at radius 1 is 0.905 bits per heavy atom. The van der Waals surface area contributed by atoms with Gasteiger partial charge in [-0.15, -0.1) is 0 Å². The van der Waals surface area contributed by atoms with E-state index in [0.717, 1.165) is 25.9 Å². The Kier molecular flexibility index (Phi) is 4.56. The molecule has 0 aromatic carbocycles. The first-order chi connectivity index (χ1) is 10.1. The predicted molar refractivity (Wildman–Crippen MR) is 86.3 cm³/mol. The van der Waals surface area contributed by atoms with Gasteiger partial charge in [0.25, 0.3) is 0 Å². The number of nitrogens with two attached hydrogens (primary N) is 2. The van der Waals surface area contributed by atoms with Gasteiger partial charge in [-0.1, -0.05) is 13.8 Å². The van der Waals surface area contributed by atoms with E-state index in [-0.39, 0.29) is 0 Å². The van der Waals surface area contributed by atoms with Gasteiger partial charge in [-0.25, -0.2) is 9.97 Å². The zero-order valence-electron chi connectivity index (χ0n) is 12.7. The monoisotopic (exact) mass is 290 g/mol. The number of anilines is 4. The molecule has 2 rings (SSSR count). The van der Waals surface area contributed by atoms with Crippen molar-refractivity contribution in [3.05, 3.63) is 0 Å². The average molecular weight is 290 g/mol. The van der Waals surface area contributed by atoms with E-state index in [4.69, 9.17) is 11.5 Å². The van der Waals surface area contributed by atoms with Crippen LogP contribution in [0.1, 0.15) is 26.7 Å². The fourth-order valence-electron chi connectivity index (χ4n) is 2.15. The lowest BCUT2D eigenvalue weighted by Gasteiger charge is -2.22. The summed E-state index contributed by atoms with van der Waals surface area (Å²) >= 11 is 0. The van der Waals surface area contributed by atoms with Crippen LogP contribution in [0.4, 0.5) is 23.5 Å². The average Bonchev–Trinajstić information content (AvgIpc) is 2.47. The summed E-state index contributed by atoms with van der Waals surface area (Å²) in [5, 5.41) is 2.84. The van der Waals surface area contributed by atoms with E-state index in [1.165, 1.54) is 0 Å². The predicted octanol–water partition coefficient (Wildman–Crippen LogP) is 1.25. The smallest absolute Gasteiger partial charge is 0.228 e. The number of nitrogen functional groups attached to an aromatic ring is 2. The maximum atomic E-state index is 6.03. The summed E-state index contributed by atoms with van der Waals surface area (Å²) in [5.74, 6) is 1.60. The number of nitrogens with one attached hydrogen (secondary N) is 1. The first-order valence-corrected chi connectivity index (χ1v) is 7.14. The van der Waals surface area contributed by atoms with Crippen molar-refractivity contribution in [1.82, 2.24) is 19.9 Å². The maximum absolute atomic E-state index is 6.03. The van der Waals surface area contributed by atoms with E-state index in [0.29, 0.717) is 34.6 Å². The second kappa shape index (κ2) is 6.38. The van der Waals surface area contributed by atoms with Gasteiger partial charge >= 0.3 is 0 Å². The summed E-state index contributed by atoms with van der Waals surface area (Å²) in [4.78, 5) is 19.4. The molecule has 0 atom stereocenters. The highest BCUT2D eigenvalue weighted by Crippen LogP contribution is 2.24. The lowest BCUT2D eigenvalue weighted by Crippen LogP contribution is -2.27.